The molecular weight excluding hydrogens is 557 g/mol. The Labute approximate surface area is 257 Å². The highest BCUT2D eigenvalue weighted by Crippen LogP contribution is 2.38. The Balaban J connectivity index is 1.97. The van der Waals surface area contributed by atoms with Crippen LogP contribution in [-0.2, 0) is 13.6 Å². The zero-order valence-corrected chi connectivity index (χ0v) is 29.7. The third kappa shape index (κ3) is 9.56. The van der Waals surface area contributed by atoms with E-state index in [0.717, 1.165) is 0 Å². The number of carbonyl (C=O) groups excluding carboxylic acids is 1. The Morgan fingerprint density at radius 3 is 1.81 bits per heavy atom. The van der Waals surface area contributed by atoms with Gasteiger partial charge < -0.3 is 19.1 Å². The van der Waals surface area contributed by atoms with Crippen LogP contribution < -0.4 is 10.4 Å². The number of rotatable bonds is 15. The van der Waals surface area contributed by atoms with Gasteiger partial charge in [0.25, 0.3) is 8.32 Å². The van der Waals surface area contributed by atoms with E-state index in [1.54, 1.807) is 0 Å². The second kappa shape index (κ2) is 15.2. The second-order valence-electron chi connectivity index (χ2n) is 14.3. The van der Waals surface area contributed by atoms with Crippen molar-refractivity contribution in [2.45, 2.75) is 116 Å². The predicted molar refractivity (Wildman–Crippen MR) is 180 cm³/mol. The topological polar surface area (TPSA) is 76.0 Å². The summed E-state index contributed by atoms with van der Waals surface area (Å²) in [6.45, 7) is 21.8. The normalized spacial score (nSPS) is 16.3. The molecule has 2 aromatic carbocycles. The second-order valence-corrected chi connectivity index (χ2v) is 23.4. The summed E-state index contributed by atoms with van der Waals surface area (Å²) in [6, 6.07) is 21.0. The average molecular weight is 613 g/mol. The molecule has 42 heavy (non-hydrogen) atoms. The summed E-state index contributed by atoms with van der Waals surface area (Å²) in [4.78, 5) is 12.5. The fourth-order valence-electron chi connectivity index (χ4n) is 5.06. The van der Waals surface area contributed by atoms with Crippen LogP contribution in [0.2, 0.25) is 23.2 Å². The van der Waals surface area contributed by atoms with Gasteiger partial charge in [-0.2, -0.15) is 0 Å². The third-order valence-corrected chi connectivity index (χ3v) is 18.4. The van der Waals surface area contributed by atoms with Crippen molar-refractivity contribution in [3.05, 3.63) is 72.8 Å². The largest absolute Gasteiger partial charge is 0.411 e. The number of hydrogen-bond acceptors (Lipinski definition) is 5. The van der Waals surface area contributed by atoms with Gasteiger partial charge in [0.1, 0.15) is 0 Å². The van der Waals surface area contributed by atoms with Crippen molar-refractivity contribution < 1.29 is 23.9 Å². The van der Waals surface area contributed by atoms with Crippen LogP contribution in [0, 0.1) is 5.92 Å². The Morgan fingerprint density at radius 2 is 1.36 bits per heavy atom. The standard InChI is InChI=1S/C35H56O5Si2/c1-27(26-39-42(35(6,7)8,30-19-13-11-14-20-30)31-21-15-12-16-22-31)32(37)23-17-18-29(36)24-25-33(38)28(2)40-41(9,10)34(3,4)5/h11-16,19-22,24-25,27-28,32-33,37-38H,17-18,23,26H2,1-10H3/b25-24+/t27-,28+,32-,33-/m0/s1. The van der Waals surface area contributed by atoms with E-state index in [2.05, 4.69) is 103 Å². The van der Waals surface area contributed by atoms with Gasteiger partial charge in [0.15, 0.2) is 14.1 Å². The average Bonchev–Trinajstić information content (AvgIpc) is 2.91. The summed E-state index contributed by atoms with van der Waals surface area (Å²) in [5.74, 6) is -0.149. The summed E-state index contributed by atoms with van der Waals surface area (Å²) in [7, 11) is -4.68. The molecule has 2 N–H and O–H groups in total. The van der Waals surface area contributed by atoms with E-state index in [0.29, 0.717) is 25.9 Å². The summed E-state index contributed by atoms with van der Waals surface area (Å²) < 4.78 is 13.2. The number of allylic oxidation sites excluding steroid dienone is 1. The Morgan fingerprint density at radius 1 is 0.857 bits per heavy atom. The van der Waals surface area contributed by atoms with Crippen molar-refractivity contribution in [2.24, 2.45) is 5.92 Å². The molecule has 0 amide bonds. The molecule has 0 saturated carbocycles. The number of carbonyl (C=O) groups is 1. The van der Waals surface area contributed by atoms with Crippen molar-refractivity contribution >= 4 is 32.8 Å². The molecule has 0 bridgehead atoms. The van der Waals surface area contributed by atoms with Crippen LogP contribution in [0.4, 0.5) is 0 Å². The Kier molecular flexibility index (Phi) is 13.2. The highest BCUT2D eigenvalue weighted by Gasteiger charge is 2.50. The van der Waals surface area contributed by atoms with Crippen molar-refractivity contribution in [2.75, 3.05) is 6.61 Å². The first-order valence-corrected chi connectivity index (χ1v) is 20.2. The molecule has 0 heterocycles. The van der Waals surface area contributed by atoms with E-state index in [1.807, 2.05) is 26.0 Å². The van der Waals surface area contributed by atoms with Gasteiger partial charge in [-0.05, 0) is 59.4 Å². The molecule has 2 aromatic rings. The van der Waals surface area contributed by atoms with E-state index < -0.39 is 28.8 Å². The highest BCUT2D eigenvalue weighted by atomic mass is 28.4. The van der Waals surface area contributed by atoms with Crippen LogP contribution in [-0.4, -0.2) is 57.5 Å². The van der Waals surface area contributed by atoms with E-state index >= 15 is 0 Å². The molecule has 0 aliphatic rings. The molecule has 0 saturated heterocycles. The molecule has 0 aliphatic carbocycles. The number of aliphatic hydroxyl groups is 2. The van der Waals surface area contributed by atoms with Gasteiger partial charge >= 0.3 is 0 Å². The van der Waals surface area contributed by atoms with Crippen LogP contribution in [0.5, 0.6) is 0 Å². The lowest BCUT2D eigenvalue weighted by atomic mass is 9.99. The minimum Gasteiger partial charge on any atom is -0.411 e. The van der Waals surface area contributed by atoms with Crippen LogP contribution in [0.3, 0.4) is 0 Å². The first kappa shape index (κ1) is 36.3. The van der Waals surface area contributed by atoms with E-state index in [-0.39, 0.29) is 27.9 Å². The van der Waals surface area contributed by atoms with Crippen molar-refractivity contribution in [1.82, 2.24) is 0 Å². The van der Waals surface area contributed by atoms with Gasteiger partial charge in [0.05, 0.1) is 18.3 Å². The van der Waals surface area contributed by atoms with E-state index in [1.165, 1.54) is 22.5 Å². The van der Waals surface area contributed by atoms with Crippen molar-refractivity contribution in [3.63, 3.8) is 0 Å². The maximum Gasteiger partial charge on any atom is 0.261 e. The highest BCUT2D eigenvalue weighted by molar-refractivity contribution is 6.99. The monoisotopic (exact) mass is 612 g/mol. The Bertz CT molecular complexity index is 1080. The minimum absolute atomic E-state index is 0.0447. The van der Waals surface area contributed by atoms with Crippen molar-refractivity contribution in [1.29, 1.82) is 0 Å². The molecule has 0 fully saturated rings. The maximum atomic E-state index is 12.5. The fourth-order valence-corrected chi connectivity index (χ4v) is 11.1. The molecule has 4 atom stereocenters. The fraction of sp³-hybridized carbons (Fsp3) is 0.571. The van der Waals surface area contributed by atoms with Crippen LogP contribution >= 0.6 is 0 Å². The molecule has 0 aromatic heterocycles. The van der Waals surface area contributed by atoms with E-state index in [4.69, 9.17) is 8.85 Å². The summed E-state index contributed by atoms with van der Waals surface area (Å²) >= 11 is 0. The lowest BCUT2D eigenvalue weighted by molar-refractivity contribution is -0.114. The van der Waals surface area contributed by atoms with Crippen LogP contribution in [0.1, 0.15) is 74.7 Å². The number of benzene rings is 2. The molecular formula is C35H56O5Si2. The number of aliphatic hydroxyl groups excluding tert-OH is 2. The summed E-state index contributed by atoms with van der Waals surface area (Å²) in [5, 5.41) is 23.9. The molecule has 0 radical (unpaired) electrons. The zero-order chi connectivity index (χ0) is 31.8. The Hall–Kier alpha value is -1.88. The van der Waals surface area contributed by atoms with Gasteiger partial charge in [-0.1, -0.05) is 115 Å². The third-order valence-electron chi connectivity index (χ3n) is 8.81. The van der Waals surface area contributed by atoms with Gasteiger partial charge in [-0.15, -0.1) is 0 Å². The van der Waals surface area contributed by atoms with E-state index in [9.17, 15) is 15.0 Å². The number of ketones is 1. The van der Waals surface area contributed by atoms with Crippen molar-refractivity contribution in [3.8, 4) is 0 Å². The minimum atomic E-state index is -2.67. The SMILES string of the molecule is C[C@@H](CO[Si](c1ccccc1)(c1ccccc1)C(C)(C)C)[C@@H](O)CCCC(=O)/C=C/[C@H](O)[C@@H](C)O[Si](C)(C)C(C)(C)C. The number of hydrogen-bond donors (Lipinski definition) is 2. The predicted octanol–water partition coefficient (Wildman–Crippen LogP) is 6.63. The van der Waals surface area contributed by atoms with Gasteiger partial charge in [0.2, 0.25) is 0 Å². The molecule has 0 spiro atoms. The summed E-state index contributed by atoms with van der Waals surface area (Å²) in [5.41, 5.74) is 0. The summed E-state index contributed by atoms with van der Waals surface area (Å²) in [6.07, 6.45) is 2.59. The zero-order valence-electron chi connectivity index (χ0n) is 27.7. The molecule has 7 heteroatoms. The van der Waals surface area contributed by atoms with Crippen LogP contribution in [0.25, 0.3) is 0 Å². The first-order chi connectivity index (χ1) is 19.4. The molecule has 5 nitrogen and oxygen atoms in total. The van der Waals surface area contributed by atoms with Gasteiger partial charge in [-0.3, -0.25) is 4.79 Å². The maximum absolute atomic E-state index is 12.5. The lowest BCUT2D eigenvalue weighted by Gasteiger charge is -2.43. The smallest absolute Gasteiger partial charge is 0.261 e. The molecule has 0 aliphatic heterocycles. The molecule has 0 unspecified atom stereocenters. The van der Waals surface area contributed by atoms with Gasteiger partial charge in [-0.25, -0.2) is 0 Å². The lowest BCUT2D eigenvalue weighted by Crippen LogP contribution is -2.67. The quantitative estimate of drug-likeness (QED) is 0.175. The van der Waals surface area contributed by atoms with Crippen LogP contribution in [0.15, 0.2) is 72.8 Å². The molecule has 2 rings (SSSR count). The van der Waals surface area contributed by atoms with Gasteiger partial charge in [0, 0.05) is 18.9 Å². The molecule has 234 valence electrons. The first-order valence-electron chi connectivity index (χ1n) is 15.4.